The van der Waals surface area contributed by atoms with Crippen molar-refractivity contribution < 1.29 is 22.7 Å². The summed E-state index contributed by atoms with van der Waals surface area (Å²) in [5.74, 6) is -0.108. The number of hydrogen-bond donors (Lipinski definition) is 0. The van der Waals surface area contributed by atoms with E-state index in [1.54, 1.807) is 0 Å². The van der Waals surface area contributed by atoms with Crippen molar-refractivity contribution in [3.63, 3.8) is 0 Å². The summed E-state index contributed by atoms with van der Waals surface area (Å²) in [5.41, 5.74) is 0.402. The van der Waals surface area contributed by atoms with Gasteiger partial charge in [-0.25, -0.2) is 0 Å². The Kier molecular flexibility index (Phi) is 3.96. The molecular weight excluding hydrogens is 289 g/mol. The number of Topliss-reactive ketones (excluding diaryl/α,β-unsaturated/α-hetero) is 1. The second kappa shape index (κ2) is 4.86. The van der Waals surface area contributed by atoms with Gasteiger partial charge in [-0.15, -0.1) is 0 Å². The van der Waals surface area contributed by atoms with E-state index in [9.17, 15) is 18.0 Å². The van der Waals surface area contributed by atoms with Crippen LogP contribution in [0.4, 0.5) is 13.2 Å². The van der Waals surface area contributed by atoms with E-state index in [4.69, 9.17) is 0 Å². The van der Waals surface area contributed by atoms with Gasteiger partial charge in [0, 0.05) is 10.0 Å². The highest BCUT2D eigenvalue weighted by atomic mass is 79.9. The van der Waals surface area contributed by atoms with Gasteiger partial charge in [-0.1, -0.05) is 0 Å². The summed E-state index contributed by atoms with van der Waals surface area (Å²) in [4.78, 5) is 11.0. The first-order valence-corrected chi connectivity index (χ1v) is 5.09. The summed E-state index contributed by atoms with van der Waals surface area (Å²) < 4.78 is 40.5. The molecule has 2 nitrogen and oxygen atoms in total. The first kappa shape index (κ1) is 13.0. The highest BCUT2D eigenvalue weighted by molar-refractivity contribution is 9.10. The predicted octanol–water partition coefficient (Wildman–Crippen LogP) is 3.59. The van der Waals surface area contributed by atoms with E-state index in [0.717, 1.165) is 0 Å². The van der Waals surface area contributed by atoms with E-state index in [0.29, 0.717) is 10.0 Å². The maximum Gasteiger partial charge on any atom is 0.422 e. The molecule has 0 aliphatic heterocycles. The summed E-state index contributed by atoms with van der Waals surface area (Å²) in [5, 5.41) is 0. The molecule has 1 aromatic carbocycles. The van der Waals surface area contributed by atoms with Crippen LogP contribution in [0.2, 0.25) is 0 Å². The monoisotopic (exact) mass is 296 g/mol. The van der Waals surface area contributed by atoms with E-state index >= 15 is 0 Å². The van der Waals surface area contributed by atoms with Crippen LogP contribution in [0.5, 0.6) is 5.75 Å². The molecule has 0 amide bonds. The van der Waals surface area contributed by atoms with Crippen molar-refractivity contribution in [1.82, 2.24) is 0 Å². The third-order valence-electron chi connectivity index (χ3n) is 1.72. The number of ether oxygens (including phenoxy) is 1. The van der Waals surface area contributed by atoms with Crippen molar-refractivity contribution in [2.45, 2.75) is 13.1 Å². The van der Waals surface area contributed by atoms with Gasteiger partial charge in [0.1, 0.15) is 5.75 Å². The number of carbonyl (C=O) groups is 1. The van der Waals surface area contributed by atoms with Gasteiger partial charge in [-0.05, 0) is 41.1 Å². The number of ketones is 1. The van der Waals surface area contributed by atoms with Gasteiger partial charge in [-0.3, -0.25) is 4.79 Å². The van der Waals surface area contributed by atoms with E-state index in [1.165, 1.54) is 25.1 Å². The molecule has 6 heteroatoms. The number of carbonyl (C=O) groups excluding carboxylic acids is 1. The zero-order chi connectivity index (χ0) is 12.3. The zero-order valence-corrected chi connectivity index (χ0v) is 9.85. The topological polar surface area (TPSA) is 26.3 Å². The van der Waals surface area contributed by atoms with Crippen LogP contribution in [0.3, 0.4) is 0 Å². The lowest BCUT2D eigenvalue weighted by Crippen LogP contribution is -2.19. The second-order valence-corrected chi connectivity index (χ2v) is 3.96. The van der Waals surface area contributed by atoms with Crippen molar-refractivity contribution in [1.29, 1.82) is 0 Å². The van der Waals surface area contributed by atoms with Crippen molar-refractivity contribution in [2.75, 3.05) is 6.61 Å². The highest BCUT2D eigenvalue weighted by Crippen LogP contribution is 2.25. The van der Waals surface area contributed by atoms with Gasteiger partial charge in [0.15, 0.2) is 12.4 Å². The lowest BCUT2D eigenvalue weighted by Gasteiger charge is -2.10. The minimum absolute atomic E-state index is 0.0641. The van der Waals surface area contributed by atoms with Gasteiger partial charge in [0.25, 0.3) is 0 Å². The molecule has 16 heavy (non-hydrogen) atoms. The van der Waals surface area contributed by atoms with Crippen molar-refractivity contribution in [3.8, 4) is 5.75 Å². The quantitative estimate of drug-likeness (QED) is 0.797. The van der Waals surface area contributed by atoms with E-state index < -0.39 is 12.8 Å². The first-order chi connectivity index (χ1) is 7.29. The normalized spacial score (nSPS) is 11.3. The Labute approximate surface area is 98.5 Å². The summed E-state index contributed by atoms with van der Waals surface area (Å²) >= 11 is 3.09. The van der Waals surface area contributed by atoms with Crippen LogP contribution in [0.25, 0.3) is 0 Å². The van der Waals surface area contributed by atoms with Crippen LogP contribution < -0.4 is 4.74 Å². The Morgan fingerprint density at radius 1 is 1.44 bits per heavy atom. The molecule has 1 rings (SSSR count). The maximum absolute atomic E-state index is 11.9. The van der Waals surface area contributed by atoms with E-state index in [2.05, 4.69) is 20.7 Å². The molecule has 0 aromatic heterocycles. The summed E-state index contributed by atoms with van der Waals surface area (Å²) in [6, 6.07) is 4.08. The van der Waals surface area contributed by atoms with Crippen molar-refractivity contribution in [3.05, 3.63) is 28.2 Å². The van der Waals surface area contributed by atoms with Crippen molar-refractivity contribution in [2.24, 2.45) is 0 Å². The minimum atomic E-state index is -4.37. The molecule has 0 bridgehead atoms. The Hall–Kier alpha value is -1.04. The standard InChI is InChI=1S/C10H8BrF3O2/c1-6(15)8-3-2-7(4-9(8)11)16-5-10(12,13)14/h2-4H,5H2,1H3. The van der Waals surface area contributed by atoms with Crippen LogP contribution in [0, 0.1) is 0 Å². The van der Waals surface area contributed by atoms with Crippen LogP contribution in [0.1, 0.15) is 17.3 Å². The summed E-state index contributed by atoms with van der Waals surface area (Å²) in [6.07, 6.45) is -4.37. The Morgan fingerprint density at radius 3 is 2.50 bits per heavy atom. The molecular formula is C10H8BrF3O2. The van der Waals surface area contributed by atoms with Gasteiger partial charge < -0.3 is 4.74 Å². The van der Waals surface area contributed by atoms with Gasteiger partial charge in [0.05, 0.1) is 0 Å². The Bertz CT molecular complexity index is 402. The maximum atomic E-state index is 11.9. The molecule has 88 valence electrons. The van der Waals surface area contributed by atoms with Crippen LogP contribution in [-0.2, 0) is 0 Å². The molecule has 0 unspecified atom stereocenters. The fourth-order valence-electron chi connectivity index (χ4n) is 1.04. The smallest absolute Gasteiger partial charge is 0.422 e. The molecule has 0 aliphatic carbocycles. The fourth-order valence-corrected chi connectivity index (χ4v) is 1.67. The molecule has 0 spiro atoms. The number of benzene rings is 1. The molecule has 0 fully saturated rings. The van der Waals surface area contributed by atoms with Crippen LogP contribution in [0.15, 0.2) is 22.7 Å². The van der Waals surface area contributed by atoms with E-state index in [1.807, 2.05) is 0 Å². The Balaban J connectivity index is 2.78. The number of halogens is 4. The van der Waals surface area contributed by atoms with Gasteiger partial charge >= 0.3 is 6.18 Å². The van der Waals surface area contributed by atoms with Gasteiger partial charge in [0.2, 0.25) is 0 Å². The van der Waals surface area contributed by atoms with Crippen LogP contribution >= 0.6 is 15.9 Å². The lowest BCUT2D eigenvalue weighted by molar-refractivity contribution is -0.153. The molecule has 0 saturated heterocycles. The predicted molar refractivity (Wildman–Crippen MR) is 55.7 cm³/mol. The summed E-state index contributed by atoms with van der Waals surface area (Å²) in [6.45, 7) is 0.0230. The van der Waals surface area contributed by atoms with Crippen LogP contribution in [-0.4, -0.2) is 18.6 Å². The third kappa shape index (κ3) is 3.84. The highest BCUT2D eigenvalue weighted by Gasteiger charge is 2.28. The molecule has 0 saturated carbocycles. The first-order valence-electron chi connectivity index (χ1n) is 4.29. The number of alkyl halides is 3. The number of hydrogen-bond acceptors (Lipinski definition) is 2. The average molecular weight is 297 g/mol. The molecule has 1 aromatic rings. The summed E-state index contributed by atoms with van der Waals surface area (Å²) in [7, 11) is 0. The lowest BCUT2D eigenvalue weighted by atomic mass is 10.1. The molecule has 0 aliphatic rings. The second-order valence-electron chi connectivity index (χ2n) is 3.10. The van der Waals surface area contributed by atoms with Crippen molar-refractivity contribution >= 4 is 21.7 Å². The molecule has 0 atom stereocenters. The molecule has 0 heterocycles. The third-order valence-corrected chi connectivity index (χ3v) is 2.38. The largest absolute Gasteiger partial charge is 0.484 e. The average Bonchev–Trinajstić information content (AvgIpc) is 2.13. The van der Waals surface area contributed by atoms with E-state index in [-0.39, 0.29) is 11.5 Å². The molecule has 0 N–H and O–H groups in total. The SMILES string of the molecule is CC(=O)c1ccc(OCC(F)(F)F)cc1Br. The fraction of sp³-hybridized carbons (Fsp3) is 0.300. The zero-order valence-electron chi connectivity index (χ0n) is 8.27. The minimum Gasteiger partial charge on any atom is -0.484 e. The molecule has 0 radical (unpaired) electrons. The number of rotatable bonds is 3. The Morgan fingerprint density at radius 2 is 2.06 bits per heavy atom. The van der Waals surface area contributed by atoms with Gasteiger partial charge in [-0.2, -0.15) is 13.2 Å².